The van der Waals surface area contributed by atoms with Gasteiger partial charge in [-0.05, 0) is 37.1 Å². The van der Waals surface area contributed by atoms with Crippen molar-refractivity contribution in [1.82, 2.24) is 4.98 Å². The molecule has 0 spiro atoms. The summed E-state index contributed by atoms with van der Waals surface area (Å²) in [5.41, 5.74) is 2.13. The zero-order valence-electron chi connectivity index (χ0n) is 10.1. The maximum absolute atomic E-state index is 10.5. The number of nitrogens with zero attached hydrogens (tertiary/aromatic N) is 2. The zero-order valence-corrected chi connectivity index (χ0v) is 10.1. The molecule has 0 N–H and O–H groups in total. The van der Waals surface area contributed by atoms with Crippen molar-refractivity contribution >= 4 is 5.69 Å². The van der Waals surface area contributed by atoms with Crippen LogP contribution in [0.25, 0.3) is 0 Å². The predicted molar refractivity (Wildman–Crippen MR) is 66.9 cm³/mol. The Kier molecular flexibility index (Phi) is 3.23. The summed E-state index contributed by atoms with van der Waals surface area (Å²) < 4.78 is 5.54. The van der Waals surface area contributed by atoms with E-state index in [2.05, 4.69) is 4.98 Å². The molecule has 0 amide bonds. The summed E-state index contributed by atoms with van der Waals surface area (Å²) in [6.45, 7) is 3.95. The lowest BCUT2D eigenvalue weighted by atomic mass is 10.1. The van der Waals surface area contributed by atoms with Crippen LogP contribution in [0.15, 0.2) is 36.5 Å². The summed E-state index contributed by atoms with van der Waals surface area (Å²) in [6.07, 6.45) is 1.18. The first-order valence-corrected chi connectivity index (χ1v) is 5.41. The normalized spacial score (nSPS) is 10.1. The second-order valence-electron chi connectivity index (χ2n) is 4.04. The summed E-state index contributed by atoms with van der Waals surface area (Å²) in [7, 11) is 0. The maximum atomic E-state index is 10.5. The smallest absolute Gasteiger partial charge is 0.287 e. The van der Waals surface area contributed by atoms with Crippen LogP contribution in [0, 0.1) is 24.0 Å². The van der Waals surface area contributed by atoms with Gasteiger partial charge >= 0.3 is 0 Å². The minimum atomic E-state index is -0.492. The van der Waals surface area contributed by atoms with Crippen LogP contribution in [-0.4, -0.2) is 9.91 Å². The van der Waals surface area contributed by atoms with Crippen LogP contribution >= 0.6 is 0 Å². The number of hydrogen-bond donors (Lipinski definition) is 0. The lowest BCUT2D eigenvalue weighted by Crippen LogP contribution is -1.92. The molecule has 1 aromatic heterocycles. The molecule has 18 heavy (non-hydrogen) atoms. The molecule has 5 nitrogen and oxygen atoms in total. The first-order valence-electron chi connectivity index (χ1n) is 5.41. The topological polar surface area (TPSA) is 65.3 Å². The highest BCUT2D eigenvalue weighted by molar-refractivity contribution is 5.36. The SMILES string of the molecule is Cc1cc(C)cc(Oc2ccc([N+](=O)[O-])cn2)c1. The third kappa shape index (κ3) is 2.82. The Bertz CT molecular complexity index is 559. The van der Waals surface area contributed by atoms with Crippen molar-refractivity contribution in [3.8, 4) is 11.6 Å². The van der Waals surface area contributed by atoms with Gasteiger partial charge in [-0.15, -0.1) is 0 Å². The lowest BCUT2D eigenvalue weighted by Gasteiger charge is -2.06. The Morgan fingerprint density at radius 2 is 1.83 bits per heavy atom. The summed E-state index contributed by atoms with van der Waals surface area (Å²) >= 11 is 0. The van der Waals surface area contributed by atoms with Gasteiger partial charge in [0, 0.05) is 12.1 Å². The Morgan fingerprint density at radius 3 is 2.33 bits per heavy atom. The number of pyridine rings is 1. The van der Waals surface area contributed by atoms with Crippen molar-refractivity contribution < 1.29 is 9.66 Å². The van der Waals surface area contributed by atoms with Gasteiger partial charge < -0.3 is 4.74 Å². The van der Waals surface area contributed by atoms with E-state index in [0.29, 0.717) is 11.6 Å². The van der Waals surface area contributed by atoms with Crippen LogP contribution in [0.4, 0.5) is 5.69 Å². The molecule has 0 atom stereocenters. The van der Waals surface area contributed by atoms with Gasteiger partial charge in [0.2, 0.25) is 5.88 Å². The minimum Gasteiger partial charge on any atom is -0.439 e. The number of ether oxygens (including phenoxy) is 1. The molecule has 92 valence electrons. The van der Waals surface area contributed by atoms with Gasteiger partial charge in [0.05, 0.1) is 4.92 Å². The van der Waals surface area contributed by atoms with E-state index in [4.69, 9.17) is 4.74 Å². The van der Waals surface area contributed by atoms with Crippen molar-refractivity contribution in [3.05, 3.63) is 57.8 Å². The zero-order chi connectivity index (χ0) is 13.1. The highest BCUT2D eigenvalue weighted by Gasteiger charge is 2.06. The summed E-state index contributed by atoms with van der Waals surface area (Å²) in [5, 5.41) is 10.5. The van der Waals surface area contributed by atoms with E-state index >= 15 is 0 Å². The van der Waals surface area contributed by atoms with Crippen molar-refractivity contribution in [1.29, 1.82) is 0 Å². The Hall–Kier alpha value is -2.43. The molecule has 0 unspecified atom stereocenters. The number of aromatic nitrogens is 1. The second kappa shape index (κ2) is 4.83. The summed E-state index contributed by atoms with van der Waals surface area (Å²) in [4.78, 5) is 13.9. The standard InChI is InChI=1S/C13H12N2O3/c1-9-5-10(2)7-12(6-9)18-13-4-3-11(8-14-13)15(16)17/h3-8H,1-2H3. The summed E-state index contributed by atoms with van der Waals surface area (Å²) in [5.74, 6) is 1.01. The molecule has 0 saturated heterocycles. The molecular formula is C13H12N2O3. The monoisotopic (exact) mass is 244 g/mol. The maximum Gasteiger partial charge on any atom is 0.287 e. The van der Waals surface area contributed by atoms with Gasteiger partial charge in [-0.3, -0.25) is 10.1 Å². The van der Waals surface area contributed by atoms with E-state index < -0.39 is 4.92 Å². The molecule has 2 aromatic rings. The van der Waals surface area contributed by atoms with Gasteiger partial charge in [-0.25, -0.2) is 4.98 Å². The molecule has 5 heteroatoms. The number of nitro groups is 1. The molecular weight excluding hydrogens is 232 g/mol. The van der Waals surface area contributed by atoms with Gasteiger partial charge in [0.1, 0.15) is 11.9 Å². The highest BCUT2D eigenvalue weighted by atomic mass is 16.6. The van der Waals surface area contributed by atoms with Crippen molar-refractivity contribution in [2.24, 2.45) is 0 Å². The number of hydrogen-bond acceptors (Lipinski definition) is 4. The van der Waals surface area contributed by atoms with Gasteiger partial charge in [-0.2, -0.15) is 0 Å². The van der Waals surface area contributed by atoms with Crippen LogP contribution in [0.5, 0.6) is 11.6 Å². The first-order chi connectivity index (χ1) is 8.54. The second-order valence-corrected chi connectivity index (χ2v) is 4.04. The van der Waals surface area contributed by atoms with E-state index in [1.54, 1.807) is 0 Å². The van der Waals surface area contributed by atoms with Gasteiger partial charge in [-0.1, -0.05) is 6.07 Å². The molecule has 0 aliphatic rings. The molecule has 0 saturated carbocycles. The molecule has 1 aromatic carbocycles. The largest absolute Gasteiger partial charge is 0.439 e. The molecule has 1 heterocycles. The van der Waals surface area contributed by atoms with Crippen LogP contribution in [0.3, 0.4) is 0 Å². The molecule has 0 radical (unpaired) electrons. The third-order valence-electron chi connectivity index (χ3n) is 2.35. The molecule has 0 fully saturated rings. The van der Waals surface area contributed by atoms with E-state index in [9.17, 15) is 10.1 Å². The quantitative estimate of drug-likeness (QED) is 0.613. The van der Waals surface area contributed by atoms with Gasteiger partial charge in [0.25, 0.3) is 5.69 Å². The fraction of sp³-hybridized carbons (Fsp3) is 0.154. The van der Waals surface area contributed by atoms with E-state index in [-0.39, 0.29) is 5.69 Å². The number of benzene rings is 1. The Morgan fingerprint density at radius 1 is 1.17 bits per heavy atom. The molecule has 0 aliphatic carbocycles. The van der Waals surface area contributed by atoms with Crippen LogP contribution < -0.4 is 4.74 Å². The Labute approximate surface area is 104 Å². The van der Waals surface area contributed by atoms with Crippen LogP contribution in [0.1, 0.15) is 11.1 Å². The number of rotatable bonds is 3. The predicted octanol–water partition coefficient (Wildman–Crippen LogP) is 3.40. The van der Waals surface area contributed by atoms with Crippen LogP contribution in [0.2, 0.25) is 0 Å². The highest BCUT2D eigenvalue weighted by Crippen LogP contribution is 2.23. The van der Waals surface area contributed by atoms with Crippen molar-refractivity contribution in [3.63, 3.8) is 0 Å². The van der Waals surface area contributed by atoms with Gasteiger partial charge in [0.15, 0.2) is 0 Å². The Balaban J connectivity index is 2.20. The van der Waals surface area contributed by atoms with Crippen LogP contribution in [-0.2, 0) is 0 Å². The average Bonchev–Trinajstić information content (AvgIpc) is 2.28. The average molecular weight is 244 g/mol. The van der Waals surface area contributed by atoms with E-state index in [1.807, 2.05) is 32.0 Å². The fourth-order valence-corrected chi connectivity index (χ4v) is 1.65. The first kappa shape index (κ1) is 12.0. The summed E-state index contributed by atoms with van der Waals surface area (Å²) in [6, 6.07) is 8.66. The molecule has 2 rings (SSSR count). The third-order valence-corrected chi connectivity index (χ3v) is 2.35. The molecule has 0 aliphatic heterocycles. The fourth-order valence-electron chi connectivity index (χ4n) is 1.65. The molecule has 0 bridgehead atoms. The minimum absolute atomic E-state index is 0.0530. The van der Waals surface area contributed by atoms with E-state index in [0.717, 1.165) is 11.1 Å². The van der Waals surface area contributed by atoms with Crippen molar-refractivity contribution in [2.75, 3.05) is 0 Å². The lowest BCUT2D eigenvalue weighted by molar-refractivity contribution is -0.385. The number of aryl methyl sites for hydroxylation is 2. The van der Waals surface area contributed by atoms with Crippen molar-refractivity contribution in [2.45, 2.75) is 13.8 Å². The van der Waals surface area contributed by atoms with E-state index in [1.165, 1.54) is 18.3 Å².